The summed E-state index contributed by atoms with van der Waals surface area (Å²) in [4.78, 5) is 0. The lowest BCUT2D eigenvalue weighted by Crippen LogP contribution is -2.24. The minimum atomic E-state index is -3.17. The third-order valence-corrected chi connectivity index (χ3v) is 14.2. The van der Waals surface area contributed by atoms with Gasteiger partial charge < -0.3 is 9.13 Å². The van der Waals surface area contributed by atoms with Gasteiger partial charge in [0.2, 0.25) is 0 Å². The monoisotopic (exact) mass is 751 g/mol. The first-order valence-corrected chi connectivity index (χ1v) is 20.7. The maximum absolute atomic E-state index is 15.4. The van der Waals surface area contributed by atoms with E-state index in [1.54, 1.807) is 0 Å². The summed E-state index contributed by atoms with van der Waals surface area (Å²) in [5.74, 6) is 0. The first-order chi connectivity index (χ1) is 28.2. The Labute approximate surface area is 328 Å². The lowest BCUT2D eigenvalue weighted by Gasteiger charge is -2.20. The van der Waals surface area contributed by atoms with Crippen molar-refractivity contribution in [3.63, 3.8) is 0 Å². The van der Waals surface area contributed by atoms with Gasteiger partial charge in [-0.3, -0.25) is 0 Å². The SMILES string of the molecule is O=P(c1ccccc1)(c1ccccc1)c1ccc(-n2c3c(-c4ccc5c(cnn5-c5ccccc5)c4)cccc3c3ccc4c(cnn4-c4ccccc4)c32)cc1. The number of fused-ring (bicyclic) bond motifs is 6. The molecule has 7 heteroatoms. The van der Waals surface area contributed by atoms with E-state index >= 15 is 4.57 Å². The van der Waals surface area contributed by atoms with E-state index in [4.69, 9.17) is 10.2 Å². The van der Waals surface area contributed by atoms with E-state index in [2.05, 4.69) is 89.5 Å². The topological polar surface area (TPSA) is 57.6 Å². The van der Waals surface area contributed by atoms with Crippen LogP contribution < -0.4 is 15.9 Å². The molecule has 0 amide bonds. The van der Waals surface area contributed by atoms with Crippen LogP contribution in [-0.4, -0.2) is 24.1 Å². The Morgan fingerprint density at radius 3 is 1.60 bits per heavy atom. The fourth-order valence-corrected chi connectivity index (χ4v) is 11.1. The van der Waals surface area contributed by atoms with Gasteiger partial charge in [-0.05, 0) is 78.4 Å². The zero-order chi connectivity index (χ0) is 37.9. The molecule has 0 unspecified atom stereocenters. The number of hydrogen-bond acceptors (Lipinski definition) is 3. The van der Waals surface area contributed by atoms with Gasteiger partial charge in [0.05, 0.1) is 45.8 Å². The maximum atomic E-state index is 15.4. The normalized spacial score (nSPS) is 11.9. The Bertz CT molecular complexity index is 3250. The van der Waals surface area contributed by atoms with Crippen LogP contribution in [0.4, 0.5) is 0 Å². The van der Waals surface area contributed by atoms with Crippen LogP contribution in [-0.2, 0) is 4.57 Å². The highest BCUT2D eigenvalue weighted by molar-refractivity contribution is 7.85. The summed E-state index contributed by atoms with van der Waals surface area (Å²) in [5, 5.41) is 16.5. The molecule has 3 heterocycles. The Hall–Kier alpha value is -7.27. The van der Waals surface area contributed by atoms with Crippen molar-refractivity contribution >= 4 is 66.7 Å². The summed E-state index contributed by atoms with van der Waals surface area (Å²) >= 11 is 0. The lowest BCUT2D eigenvalue weighted by atomic mass is 10.0. The highest BCUT2D eigenvalue weighted by atomic mass is 31.2. The van der Waals surface area contributed by atoms with Crippen LogP contribution >= 0.6 is 7.14 Å². The Balaban J connectivity index is 1.16. The molecule has 0 atom stereocenters. The van der Waals surface area contributed by atoms with E-state index in [1.165, 1.54) is 0 Å². The van der Waals surface area contributed by atoms with Crippen LogP contribution in [0.3, 0.4) is 0 Å². The second-order valence-corrected chi connectivity index (χ2v) is 17.1. The highest BCUT2D eigenvalue weighted by Crippen LogP contribution is 2.44. The van der Waals surface area contributed by atoms with E-state index in [1.807, 2.05) is 131 Å². The number of aromatic nitrogens is 5. The van der Waals surface area contributed by atoms with Crippen LogP contribution in [0.1, 0.15) is 0 Å². The molecular formula is C50H34N5OP. The van der Waals surface area contributed by atoms with Crippen molar-refractivity contribution in [3.8, 4) is 28.2 Å². The van der Waals surface area contributed by atoms with Gasteiger partial charge in [0.25, 0.3) is 0 Å². The zero-order valence-electron chi connectivity index (χ0n) is 30.7. The number of hydrogen-bond donors (Lipinski definition) is 0. The molecule has 0 aliphatic heterocycles. The summed E-state index contributed by atoms with van der Waals surface area (Å²) in [6.45, 7) is 0. The van der Waals surface area contributed by atoms with Crippen LogP contribution in [0.2, 0.25) is 0 Å². The molecule has 11 rings (SSSR count). The summed E-state index contributed by atoms with van der Waals surface area (Å²) in [5.41, 5.74) is 9.41. The molecule has 0 N–H and O–H groups in total. The van der Waals surface area contributed by atoms with E-state index in [0.717, 1.165) is 87.7 Å². The fraction of sp³-hybridized carbons (Fsp3) is 0. The molecule has 270 valence electrons. The van der Waals surface area contributed by atoms with E-state index in [-0.39, 0.29) is 0 Å². The van der Waals surface area contributed by atoms with Crippen molar-refractivity contribution in [3.05, 3.63) is 207 Å². The molecule has 0 aliphatic rings. The maximum Gasteiger partial charge on any atom is 0.171 e. The highest BCUT2D eigenvalue weighted by Gasteiger charge is 2.30. The second kappa shape index (κ2) is 13.2. The molecule has 11 aromatic rings. The molecule has 0 aliphatic carbocycles. The van der Waals surface area contributed by atoms with Crippen molar-refractivity contribution in [1.29, 1.82) is 0 Å². The molecule has 0 fully saturated rings. The summed E-state index contributed by atoms with van der Waals surface area (Å²) in [6, 6.07) is 66.1. The second-order valence-electron chi connectivity index (χ2n) is 14.3. The van der Waals surface area contributed by atoms with Gasteiger partial charge in [-0.25, -0.2) is 9.36 Å². The molecule has 57 heavy (non-hydrogen) atoms. The summed E-state index contributed by atoms with van der Waals surface area (Å²) in [7, 11) is -3.17. The molecule has 0 saturated carbocycles. The number of benzene rings is 8. The van der Waals surface area contributed by atoms with Gasteiger partial charge in [0.1, 0.15) is 0 Å². The standard InChI is InChI=1S/C50H34N5OP/c56-57(40-18-9-3-10-19-40,41-20-11-4-12-21-41)42-27-25-37(26-28-42)53-49-43(35-24-30-47-36(32-35)33-51-54(47)38-14-5-1-6-15-38)22-13-23-44(49)45-29-31-48-46(50(45)53)34-52-55(48)39-16-7-2-8-17-39/h1-34H. The third-order valence-electron chi connectivity index (χ3n) is 11.1. The van der Waals surface area contributed by atoms with Crippen LogP contribution in [0, 0.1) is 0 Å². The van der Waals surface area contributed by atoms with Gasteiger partial charge >= 0.3 is 0 Å². The molecule has 6 nitrogen and oxygen atoms in total. The van der Waals surface area contributed by atoms with Crippen molar-refractivity contribution in [2.75, 3.05) is 0 Å². The first-order valence-electron chi connectivity index (χ1n) is 19.0. The number of nitrogens with zero attached hydrogens (tertiary/aromatic N) is 5. The van der Waals surface area contributed by atoms with Gasteiger partial charge in [-0.2, -0.15) is 10.2 Å². The van der Waals surface area contributed by atoms with Crippen molar-refractivity contribution in [1.82, 2.24) is 24.1 Å². The quantitative estimate of drug-likeness (QED) is 0.152. The number of para-hydroxylation sites is 3. The average molecular weight is 752 g/mol. The third kappa shape index (κ3) is 5.22. The van der Waals surface area contributed by atoms with Crippen LogP contribution in [0.25, 0.3) is 71.8 Å². The first kappa shape index (κ1) is 33.1. The van der Waals surface area contributed by atoms with Crippen molar-refractivity contribution in [2.24, 2.45) is 0 Å². The van der Waals surface area contributed by atoms with Gasteiger partial charge in [-0.15, -0.1) is 0 Å². The molecule has 8 aromatic carbocycles. The Morgan fingerprint density at radius 2 is 0.947 bits per heavy atom. The minimum Gasteiger partial charge on any atom is -0.309 e. The van der Waals surface area contributed by atoms with Crippen LogP contribution in [0.15, 0.2) is 207 Å². The molecular weight excluding hydrogens is 718 g/mol. The predicted octanol–water partition coefficient (Wildman–Crippen LogP) is 10.8. The largest absolute Gasteiger partial charge is 0.309 e. The minimum absolute atomic E-state index is 0.785. The van der Waals surface area contributed by atoms with Gasteiger partial charge in [-0.1, -0.05) is 121 Å². The van der Waals surface area contributed by atoms with E-state index in [0.29, 0.717) is 0 Å². The average Bonchev–Trinajstić information content (AvgIpc) is 4.01. The smallest absolute Gasteiger partial charge is 0.171 e. The zero-order valence-corrected chi connectivity index (χ0v) is 31.6. The molecule has 0 radical (unpaired) electrons. The van der Waals surface area contributed by atoms with Crippen LogP contribution in [0.5, 0.6) is 0 Å². The van der Waals surface area contributed by atoms with E-state index in [9.17, 15) is 0 Å². The molecule has 3 aromatic heterocycles. The summed E-state index contributed by atoms with van der Waals surface area (Å²) in [6.07, 6.45) is 3.93. The lowest BCUT2D eigenvalue weighted by molar-refractivity contribution is 0.592. The van der Waals surface area contributed by atoms with Crippen molar-refractivity contribution in [2.45, 2.75) is 0 Å². The van der Waals surface area contributed by atoms with Gasteiger partial charge in [0.15, 0.2) is 7.14 Å². The Morgan fingerprint density at radius 1 is 0.404 bits per heavy atom. The number of rotatable bonds is 7. The van der Waals surface area contributed by atoms with Gasteiger partial charge in [0, 0.05) is 48.7 Å². The van der Waals surface area contributed by atoms with Crippen molar-refractivity contribution < 1.29 is 4.57 Å². The Kier molecular flexibility index (Phi) is 7.66. The van der Waals surface area contributed by atoms with E-state index < -0.39 is 7.14 Å². The molecule has 0 saturated heterocycles. The molecule has 0 bridgehead atoms. The molecule has 0 spiro atoms. The predicted molar refractivity (Wildman–Crippen MR) is 235 cm³/mol. The fourth-order valence-electron chi connectivity index (χ4n) is 8.44. The summed E-state index contributed by atoms with van der Waals surface area (Å²) < 4.78 is 21.7.